The van der Waals surface area contributed by atoms with Crippen molar-refractivity contribution < 1.29 is 19.4 Å². The van der Waals surface area contributed by atoms with Crippen molar-refractivity contribution in [3.8, 4) is 0 Å². The van der Waals surface area contributed by atoms with Crippen LogP contribution in [-0.4, -0.2) is 0 Å². The summed E-state index contributed by atoms with van der Waals surface area (Å²) in [5.41, 5.74) is 5.21. The van der Waals surface area contributed by atoms with E-state index in [1.807, 2.05) is 0 Å². The predicted molar refractivity (Wildman–Crippen MR) is 47.2 cm³/mol. The van der Waals surface area contributed by atoms with Crippen molar-refractivity contribution in [2.24, 2.45) is 5.73 Å². The molecule has 0 aromatic heterocycles. The molecule has 0 atom stereocenters. The van der Waals surface area contributed by atoms with Crippen LogP contribution in [0.1, 0.15) is 6.42 Å². The summed E-state index contributed by atoms with van der Waals surface area (Å²) in [4.78, 5) is -1.89. The zero-order chi connectivity index (χ0) is 11.1. The van der Waals surface area contributed by atoms with Crippen molar-refractivity contribution in [3.05, 3.63) is 34.9 Å². The molecule has 0 saturated heterocycles. The second-order valence-corrected chi connectivity index (χ2v) is 5.26. The van der Waals surface area contributed by atoms with Crippen molar-refractivity contribution in [2.75, 3.05) is 0 Å². The highest BCUT2D eigenvalue weighted by Gasteiger charge is 2.66. The fraction of sp³-hybridized carbons (Fsp3) is 0.143. The first-order valence-corrected chi connectivity index (χ1v) is 5.52. The summed E-state index contributed by atoms with van der Waals surface area (Å²) in [6.45, 7) is 0. The first-order chi connectivity index (χ1) is 5.99. The van der Waals surface area contributed by atoms with Crippen LogP contribution in [0.2, 0.25) is 0 Å². The number of allylic oxidation sites excluding steroid dienone is 4. The van der Waals surface area contributed by atoms with Gasteiger partial charge in [-0.1, -0.05) is 31.6 Å². The molecule has 0 aromatic carbocycles. The molecule has 0 aliphatic heterocycles. The van der Waals surface area contributed by atoms with Gasteiger partial charge < -0.3 is 5.73 Å². The Balaban J connectivity index is 3.17. The SMILES string of the molecule is NC1=CCC=C(S(F)(F)(F)(F)F)C=C1. The second kappa shape index (κ2) is 2.33. The highest BCUT2D eigenvalue weighted by molar-refractivity contribution is 8.48. The van der Waals surface area contributed by atoms with Gasteiger partial charge in [-0.05, 0) is 18.6 Å². The average Bonchev–Trinajstić information content (AvgIpc) is 2.08. The first kappa shape index (κ1) is 11.1. The Kier molecular flexibility index (Phi) is 1.85. The molecule has 0 fully saturated rings. The van der Waals surface area contributed by atoms with Gasteiger partial charge in [-0.3, -0.25) is 0 Å². The minimum atomic E-state index is -9.53. The van der Waals surface area contributed by atoms with Gasteiger partial charge in [0.1, 0.15) is 4.91 Å². The van der Waals surface area contributed by atoms with Gasteiger partial charge in [-0.25, -0.2) is 0 Å². The molecule has 0 amide bonds. The van der Waals surface area contributed by atoms with E-state index in [-0.39, 0.29) is 12.1 Å². The van der Waals surface area contributed by atoms with Gasteiger partial charge in [-0.2, -0.15) is 0 Å². The molecule has 2 N–H and O–H groups in total. The summed E-state index contributed by atoms with van der Waals surface area (Å²) < 4.78 is 61.1. The molecule has 7 heteroatoms. The number of nitrogens with two attached hydrogens (primary N) is 1. The van der Waals surface area contributed by atoms with Crippen LogP contribution in [0.4, 0.5) is 19.4 Å². The van der Waals surface area contributed by atoms with Crippen molar-refractivity contribution in [1.82, 2.24) is 0 Å². The molecular weight excluding hydrogens is 225 g/mol. The molecule has 1 aliphatic rings. The molecule has 0 aromatic rings. The highest BCUT2D eigenvalue weighted by Crippen LogP contribution is 3.02. The number of rotatable bonds is 1. The van der Waals surface area contributed by atoms with Crippen molar-refractivity contribution in [1.29, 1.82) is 0 Å². The fourth-order valence-electron chi connectivity index (χ4n) is 0.912. The minimum absolute atomic E-state index is 0.0399. The van der Waals surface area contributed by atoms with E-state index in [0.717, 1.165) is 6.08 Å². The topological polar surface area (TPSA) is 26.0 Å². The fourth-order valence-corrected chi connectivity index (χ4v) is 1.65. The van der Waals surface area contributed by atoms with Crippen LogP contribution in [0.25, 0.3) is 0 Å². The molecule has 0 heterocycles. The molecule has 82 valence electrons. The van der Waals surface area contributed by atoms with Crippen molar-refractivity contribution in [3.63, 3.8) is 0 Å². The van der Waals surface area contributed by atoms with Gasteiger partial charge in [0, 0.05) is 5.70 Å². The third kappa shape index (κ3) is 2.76. The summed E-state index contributed by atoms with van der Waals surface area (Å²) in [6, 6.07) is 0. The van der Waals surface area contributed by atoms with E-state index in [1.165, 1.54) is 6.08 Å². The smallest absolute Gasteiger partial charge is 0.310 e. The zero-order valence-corrected chi connectivity index (χ0v) is 7.71. The second-order valence-electron chi connectivity index (χ2n) is 2.85. The van der Waals surface area contributed by atoms with Crippen LogP contribution < -0.4 is 5.73 Å². The third-order valence-electron chi connectivity index (χ3n) is 1.56. The third-order valence-corrected chi connectivity index (χ3v) is 2.75. The van der Waals surface area contributed by atoms with E-state index < -0.39 is 15.1 Å². The molecule has 0 bridgehead atoms. The average molecular weight is 233 g/mol. The van der Waals surface area contributed by atoms with Crippen LogP contribution in [0.15, 0.2) is 34.9 Å². The van der Waals surface area contributed by atoms with Gasteiger partial charge in [0.2, 0.25) is 0 Å². The Morgan fingerprint density at radius 3 is 2.07 bits per heavy atom. The molecule has 1 rings (SSSR count). The number of hydrogen-bond donors (Lipinski definition) is 1. The van der Waals surface area contributed by atoms with E-state index in [0.29, 0.717) is 12.2 Å². The molecule has 14 heavy (non-hydrogen) atoms. The first-order valence-electron chi connectivity index (χ1n) is 3.57. The van der Waals surface area contributed by atoms with Crippen LogP contribution in [0.5, 0.6) is 0 Å². The summed E-state index contributed by atoms with van der Waals surface area (Å²) in [6.07, 6.45) is 2.53. The maximum Gasteiger partial charge on any atom is 0.310 e. The van der Waals surface area contributed by atoms with E-state index >= 15 is 0 Å². The molecule has 0 saturated carbocycles. The zero-order valence-electron chi connectivity index (χ0n) is 6.89. The standard InChI is InChI=1S/C7H8F5NS/c8-14(9,10,11,12)7-3-1-2-6(13)4-5-7/h2-5H,1,13H2. The Bertz CT molecular complexity index is 347. The maximum absolute atomic E-state index is 12.2. The van der Waals surface area contributed by atoms with E-state index in [4.69, 9.17) is 5.73 Å². The molecular formula is C7H8F5NS. The minimum Gasteiger partial charge on any atom is -0.399 e. The molecule has 0 radical (unpaired) electrons. The van der Waals surface area contributed by atoms with Crippen LogP contribution in [0.3, 0.4) is 0 Å². The van der Waals surface area contributed by atoms with Crippen molar-refractivity contribution >= 4 is 10.2 Å². The molecule has 0 spiro atoms. The van der Waals surface area contributed by atoms with Crippen LogP contribution >= 0.6 is 10.2 Å². The van der Waals surface area contributed by atoms with Crippen LogP contribution in [0, 0.1) is 0 Å². The Morgan fingerprint density at radius 2 is 1.57 bits per heavy atom. The summed E-state index contributed by atoms with van der Waals surface area (Å²) in [5, 5.41) is 0. The Labute approximate surface area is 77.5 Å². The molecule has 1 aliphatic carbocycles. The summed E-state index contributed by atoms with van der Waals surface area (Å²) in [7, 11) is -9.53. The highest BCUT2D eigenvalue weighted by atomic mass is 32.5. The quantitative estimate of drug-likeness (QED) is 0.681. The Hall–Kier alpha value is -0.980. The lowest BCUT2D eigenvalue weighted by atomic mass is 10.3. The normalized spacial score (nSPS) is 22.9. The van der Waals surface area contributed by atoms with E-state index in [2.05, 4.69) is 0 Å². The number of halogens is 5. The van der Waals surface area contributed by atoms with Gasteiger partial charge >= 0.3 is 10.2 Å². The van der Waals surface area contributed by atoms with Crippen molar-refractivity contribution in [2.45, 2.75) is 6.42 Å². The lowest BCUT2D eigenvalue weighted by Gasteiger charge is -2.41. The predicted octanol–water partition coefficient (Wildman–Crippen LogP) is 3.97. The van der Waals surface area contributed by atoms with Gasteiger partial charge in [-0.15, -0.1) is 0 Å². The lowest BCUT2D eigenvalue weighted by molar-refractivity contribution is 0.380. The maximum atomic E-state index is 12.2. The monoisotopic (exact) mass is 233 g/mol. The summed E-state index contributed by atoms with van der Waals surface area (Å²) in [5.74, 6) is 0. The Morgan fingerprint density at radius 1 is 1.00 bits per heavy atom. The van der Waals surface area contributed by atoms with Gasteiger partial charge in [0.05, 0.1) is 0 Å². The number of hydrogen-bond acceptors (Lipinski definition) is 1. The van der Waals surface area contributed by atoms with Crippen LogP contribution in [-0.2, 0) is 0 Å². The molecule has 1 nitrogen and oxygen atoms in total. The van der Waals surface area contributed by atoms with Gasteiger partial charge in [0.25, 0.3) is 0 Å². The van der Waals surface area contributed by atoms with Gasteiger partial charge in [0.15, 0.2) is 0 Å². The van der Waals surface area contributed by atoms with E-state index in [9.17, 15) is 19.4 Å². The van der Waals surface area contributed by atoms with E-state index in [1.54, 1.807) is 0 Å². The molecule has 0 unspecified atom stereocenters. The largest absolute Gasteiger partial charge is 0.399 e. The lowest BCUT2D eigenvalue weighted by Crippen LogP contribution is -2.07. The summed E-state index contributed by atoms with van der Waals surface area (Å²) >= 11 is 0.